The van der Waals surface area contributed by atoms with Gasteiger partial charge in [-0.15, -0.1) is 0 Å². The van der Waals surface area contributed by atoms with Crippen molar-refractivity contribution < 1.29 is 4.42 Å². The van der Waals surface area contributed by atoms with E-state index < -0.39 is 0 Å². The Labute approximate surface area is 121 Å². The highest BCUT2D eigenvalue weighted by atomic mass is 16.3. The fraction of sp³-hybridized carbons (Fsp3) is 0.333. The van der Waals surface area contributed by atoms with Gasteiger partial charge in [-0.25, -0.2) is 0 Å². The van der Waals surface area contributed by atoms with Crippen LogP contribution in [0.3, 0.4) is 0 Å². The summed E-state index contributed by atoms with van der Waals surface area (Å²) < 4.78 is 5.68. The Kier molecular flexibility index (Phi) is 4.80. The predicted octanol–water partition coefficient (Wildman–Crippen LogP) is 4.55. The third-order valence-corrected chi connectivity index (χ3v) is 3.99. The smallest absolute Gasteiger partial charge is 0.124 e. The lowest BCUT2D eigenvalue weighted by Crippen LogP contribution is -2.40. The molecule has 0 fully saturated rings. The minimum atomic E-state index is -0.0746. The van der Waals surface area contributed by atoms with Gasteiger partial charge in [-0.2, -0.15) is 0 Å². The summed E-state index contributed by atoms with van der Waals surface area (Å²) in [6.07, 6.45) is 8.11. The molecule has 1 atom stereocenters. The van der Waals surface area contributed by atoms with Crippen LogP contribution in [0.25, 0.3) is 6.08 Å². The lowest BCUT2D eigenvalue weighted by Gasteiger charge is -2.36. The van der Waals surface area contributed by atoms with E-state index in [2.05, 4.69) is 68.4 Å². The summed E-state index contributed by atoms with van der Waals surface area (Å²) in [6.45, 7) is 2.21. The van der Waals surface area contributed by atoms with E-state index in [-0.39, 0.29) is 5.54 Å². The lowest BCUT2D eigenvalue weighted by molar-refractivity contribution is 0.118. The maximum atomic E-state index is 5.68. The molecule has 0 saturated carbocycles. The van der Waals surface area contributed by atoms with Gasteiger partial charge in [0.05, 0.1) is 11.8 Å². The van der Waals surface area contributed by atoms with Crippen molar-refractivity contribution in [2.24, 2.45) is 0 Å². The van der Waals surface area contributed by atoms with Gasteiger partial charge in [-0.1, -0.05) is 49.4 Å². The van der Waals surface area contributed by atoms with Gasteiger partial charge in [0.25, 0.3) is 0 Å². The van der Waals surface area contributed by atoms with E-state index in [1.807, 2.05) is 12.1 Å². The summed E-state index contributed by atoms with van der Waals surface area (Å²) in [5.74, 6) is 1.03. The molecule has 0 aliphatic heterocycles. The fourth-order valence-corrected chi connectivity index (χ4v) is 2.64. The highest BCUT2D eigenvalue weighted by Gasteiger charge is 2.34. The van der Waals surface area contributed by atoms with E-state index in [1.54, 1.807) is 6.26 Å². The first-order valence-corrected chi connectivity index (χ1v) is 7.12. The van der Waals surface area contributed by atoms with Gasteiger partial charge in [0.2, 0.25) is 0 Å². The Morgan fingerprint density at radius 3 is 2.40 bits per heavy atom. The van der Waals surface area contributed by atoms with Crippen molar-refractivity contribution in [2.45, 2.75) is 25.3 Å². The summed E-state index contributed by atoms with van der Waals surface area (Å²) >= 11 is 0. The molecule has 1 heterocycles. The second kappa shape index (κ2) is 6.58. The van der Waals surface area contributed by atoms with Crippen molar-refractivity contribution in [1.82, 2.24) is 4.90 Å². The molecule has 0 saturated heterocycles. The molecule has 0 spiro atoms. The van der Waals surface area contributed by atoms with Crippen LogP contribution in [0.15, 0.2) is 59.2 Å². The summed E-state index contributed by atoms with van der Waals surface area (Å²) in [5, 5.41) is 0. The molecule has 0 amide bonds. The van der Waals surface area contributed by atoms with Gasteiger partial charge >= 0.3 is 0 Å². The maximum Gasteiger partial charge on any atom is 0.124 e. The van der Waals surface area contributed by atoms with Gasteiger partial charge in [-0.3, -0.25) is 4.90 Å². The Morgan fingerprint density at radius 2 is 1.85 bits per heavy atom. The zero-order valence-electron chi connectivity index (χ0n) is 12.5. The standard InChI is InChI=1S/C18H23NO/c1-4-18(19(2)3,17-13-9-15-20-17)14-8-12-16-10-6-5-7-11-16/h5-13,15H,4,14H2,1-3H3. The molecule has 1 unspecified atom stereocenters. The minimum absolute atomic E-state index is 0.0746. The summed E-state index contributed by atoms with van der Waals surface area (Å²) in [4.78, 5) is 2.25. The molecular weight excluding hydrogens is 246 g/mol. The second-order valence-corrected chi connectivity index (χ2v) is 5.27. The highest BCUT2D eigenvalue weighted by Crippen LogP contribution is 2.34. The Balaban J connectivity index is 2.19. The van der Waals surface area contributed by atoms with Crippen molar-refractivity contribution in [1.29, 1.82) is 0 Å². The van der Waals surface area contributed by atoms with Gasteiger partial charge < -0.3 is 4.42 Å². The Bertz CT molecular complexity index is 528. The van der Waals surface area contributed by atoms with Gasteiger partial charge in [0.1, 0.15) is 5.76 Å². The number of hydrogen-bond acceptors (Lipinski definition) is 2. The van der Waals surface area contributed by atoms with Gasteiger partial charge in [0.15, 0.2) is 0 Å². The van der Waals surface area contributed by atoms with Crippen LogP contribution in [-0.4, -0.2) is 19.0 Å². The number of hydrogen-bond donors (Lipinski definition) is 0. The molecular formula is C18H23NO. The van der Waals surface area contributed by atoms with Crippen molar-refractivity contribution in [3.8, 4) is 0 Å². The van der Waals surface area contributed by atoms with Crippen LogP contribution in [0.2, 0.25) is 0 Å². The highest BCUT2D eigenvalue weighted by molar-refractivity contribution is 5.48. The zero-order valence-corrected chi connectivity index (χ0v) is 12.5. The average Bonchev–Trinajstić information content (AvgIpc) is 2.99. The summed E-state index contributed by atoms with van der Waals surface area (Å²) in [6, 6.07) is 14.4. The first kappa shape index (κ1) is 14.6. The first-order valence-electron chi connectivity index (χ1n) is 7.12. The van der Waals surface area contributed by atoms with Crippen LogP contribution in [0.1, 0.15) is 31.1 Å². The van der Waals surface area contributed by atoms with E-state index in [9.17, 15) is 0 Å². The fourth-order valence-electron chi connectivity index (χ4n) is 2.64. The number of benzene rings is 1. The average molecular weight is 269 g/mol. The van der Waals surface area contributed by atoms with Gasteiger partial charge in [-0.05, 0) is 44.6 Å². The number of rotatable bonds is 6. The number of nitrogens with zero attached hydrogens (tertiary/aromatic N) is 1. The van der Waals surface area contributed by atoms with Crippen LogP contribution >= 0.6 is 0 Å². The molecule has 2 heteroatoms. The maximum absolute atomic E-state index is 5.68. The van der Waals surface area contributed by atoms with Crippen LogP contribution in [-0.2, 0) is 5.54 Å². The van der Waals surface area contributed by atoms with E-state index in [4.69, 9.17) is 4.42 Å². The van der Waals surface area contributed by atoms with E-state index in [1.165, 1.54) is 5.56 Å². The molecule has 0 aliphatic carbocycles. The van der Waals surface area contributed by atoms with Crippen LogP contribution in [0.4, 0.5) is 0 Å². The Morgan fingerprint density at radius 1 is 1.10 bits per heavy atom. The van der Waals surface area contributed by atoms with Crippen molar-refractivity contribution in [3.05, 3.63) is 66.1 Å². The molecule has 2 nitrogen and oxygen atoms in total. The molecule has 2 aromatic rings. The molecule has 20 heavy (non-hydrogen) atoms. The molecule has 0 bridgehead atoms. The van der Waals surface area contributed by atoms with Crippen molar-refractivity contribution in [3.63, 3.8) is 0 Å². The normalized spacial score (nSPS) is 14.8. The molecule has 1 aromatic heterocycles. The minimum Gasteiger partial charge on any atom is -0.467 e. The van der Waals surface area contributed by atoms with E-state index >= 15 is 0 Å². The van der Waals surface area contributed by atoms with E-state index in [0.717, 1.165) is 18.6 Å². The molecule has 0 radical (unpaired) electrons. The molecule has 2 rings (SSSR count). The van der Waals surface area contributed by atoms with Gasteiger partial charge in [0, 0.05) is 0 Å². The lowest BCUT2D eigenvalue weighted by atomic mass is 9.87. The van der Waals surface area contributed by atoms with Crippen molar-refractivity contribution >= 4 is 6.08 Å². The molecule has 0 aliphatic rings. The quantitative estimate of drug-likeness (QED) is 0.765. The third-order valence-electron chi connectivity index (χ3n) is 3.99. The molecule has 106 valence electrons. The zero-order chi connectivity index (χ0) is 14.4. The number of furan rings is 1. The third kappa shape index (κ3) is 3.02. The van der Waals surface area contributed by atoms with Crippen LogP contribution in [0, 0.1) is 0 Å². The topological polar surface area (TPSA) is 16.4 Å². The summed E-state index contributed by atoms with van der Waals surface area (Å²) in [5.41, 5.74) is 1.16. The summed E-state index contributed by atoms with van der Waals surface area (Å²) in [7, 11) is 4.23. The predicted molar refractivity (Wildman–Crippen MR) is 84.5 cm³/mol. The molecule has 1 aromatic carbocycles. The second-order valence-electron chi connectivity index (χ2n) is 5.27. The first-order chi connectivity index (χ1) is 9.69. The van der Waals surface area contributed by atoms with Crippen LogP contribution < -0.4 is 0 Å². The molecule has 0 N–H and O–H groups in total. The SMILES string of the molecule is CCC(CC=Cc1ccccc1)(c1ccco1)N(C)C. The largest absolute Gasteiger partial charge is 0.467 e. The van der Waals surface area contributed by atoms with E-state index in [0.29, 0.717) is 0 Å². The monoisotopic (exact) mass is 269 g/mol. The van der Waals surface area contributed by atoms with Crippen molar-refractivity contribution in [2.75, 3.05) is 14.1 Å². The van der Waals surface area contributed by atoms with Crippen LogP contribution in [0.5, 0.6) is 0 Å². The Hall–Kier alpha value is -1.80.